The first kappa shape index (κ1) is 23.0. The van der Waals surface area contributed by atoms with Crippen LogP contribution in [0, 0.1) is 0 Å². The Morgan fingerprint density at radius 1 is 1.19 bits per heavy atom. The third-order valence-electron chi connectivity index (χ3n) is 4.31. The summed E-state index contributed by atoms with van der Waals surface area (Å²) >= 11 is 12.1. The molecule has 12 heteroatoms. The van der Waals surface area contributed by atoms with E-state index in [-0.39, 0.29) is 11.0 Å². The van der Waals surface area contributed by atoms with E-state index in [1.807, 2.05) is 13.8 Å². The Labute approximate surface area is 189 Å². The third-order valence-corrected chi connectivity index (χ3v) is 4.70. The van der Waals surface area contributed by atoms with Crippen molar-refractivity contribution in [2.75, 3.05) is 37.4 Å². The van der Waals surface area contributed by atoms with Crippen molar-refractivity contribution < 1.29 is 14.3 Å². The van der Waals surface area contributed by atoms with Crippen LogP contribution in [0.2, 0.25) is 10.2 Å². The summed E-state index contributed by atoms with van der Waals surface area (Å²) in [7, 11) is 1.56. The summed E-state index contributed by atoms with van der Waals surface area (Å²) in [5.74, 6) is 0.260. The van der Waals surface area contributed by atoms with Gasteiger partial charge in [0.05, 0.1) is 28.7 Å². The maximum absolute atomic E-state index is 12.7. The second-order valence-corrected chi connectivity index (χ2v) is 7.28. The Hall–Kier alpha value is -2.66. The van der Waals surface area contributed by atoms with Gasteiger partial charge in [-0.25, -0.2) is 19.3 Å². The summed E-state index contributed by atoms with van der Waals surface area (Å²) in [4.78, 5) is 21.2. The van der Waals surface area contributed by atoms with E-state index in [0.717, 1.165) is 6.54 Å². The van der Waals surface area contributed by atoms with Gasteiger partial charge in [-0.1, -0.05) is 30.1 Å². The van der Waals surface area contributed by atoms with Gasteiger partial charge < -0.3 is 25.4 Å². The molecular weight excluding hydrogens is 445 g/mol. The fourth-order valence-electron chi connectivity index (χ4n) is 2.83. The molecule has 10 nitrogen and oxygen atoms in total. The van der Waals surface area contributed by atoms with E-state index in [1.54, 1.807) is 19.2 Å². The van der Waals surface area contributed by atoms with Gasteiger partial charge in [0.2, 0.25) is 5.88 Å². The summed E-state index contributed by atoms with van der Waals surface area (Å²) in [5, 5.41) is 13.5. The number of hydrogen-bond donors (Lipinski definition) is 3. The number of aromatic nitrogens is 4. The zero-order valence-corrected chi connectivity index (χ0v) is 18.8. The molecule has 0 aromatic carbocycles. The van der Waals surface area contributed by atoms with Crippen molar-refractivity contribution in [1.82, 2.24) is 24.9 Å². The van der Waals surface area contributed by atoms with Crippen molar-refractivity contribution in [3.05, 3.63) is 40.4 Å². The number of rotatable bonds is 9. The van der Waals surface area contributed by atoms with Crippen LogP contribution in [0.1, 0.15) is 25.6 Å². The molecule has 0 aliphatic carbocycles. The van der Waals surface area contributed by atoms with E-state index >= 15 is 0 Å². The Morgan fingerprint density at radius 2 is 1.97 bits per heavy atom. The van der Waals surface area contributed by atoms with Crippen molar-refractivity contribution in [2.24, 2.45) is 0 Å². The molecule has 3 heterocycles. The van der Waals surface area contributed by atoms with Crippen molar-refractivity contribution in [3.8, 4) is 5.88 Å². The normalized spacial score (nSPS) is 12.0. The number of carbonyl (C=O) groups excluding carboxylic acids is 1. The highest BCUT2D eigenvalue weighted by Crippen LogP contribution is 2.28. The molecule has 0 saturated heterocycles. The molecule has 0 radical (unpaired) electrons. The molecule has 3 aromatic rings. The first-order valence-electron chi connectivity index (χ1n) is 9.57. The minimum absolute atomic E-state index is 0.260. The van der Waals surface area contributed by atoms with E-state index in [2.05, 4.69) is 31.0 Å². The molecule has 0 fully saturated rings. The number of halogens is 2. The van der Waals surface area contributed by atoms with Crippen LogP contribution in [-0.2, 0) is 4.74 Å². The molecule has 0 bridgehead atoms. The SMILES string of the molecule is CCNCCOc1ncc(Cl)cc1NC(=O)Nc1cnc2cc(Cl)nn2c1[C@H](C)OC. The fourth-order valence-corrected chi connectivity index (χ4v) is 3.16. The lowest BCUT2D eigenvalue weighted by atomic mass is 10.2. The van der Waals surface area contributed by atoms with E-state index < -0.39 is 12.1 Å². The van der Waals surface area contributed by atoms with Gasteiger partial charge in [0.25, 0.3) is 0 Å². The van der Waals surface area contributed by atoms with E-state index in [1.165, 1.54) is 16.9 Å². The Kier molecular flexibility index (Phi) is 7.85. The number of amides is 2. The zero-order valence-electron chi connectivity index (χ0n) is 17.3. The molecule has 3 N–H and O–H groups in total. The van der Waals surface area contributed by atoms with Gasteiger partial charge in [-0.2, -0.15) is 5.10 Å². The first-order valence-corrected chi connectivity index (χ1v) is 10.3. The van der Waals surface area contributed by atoms with Crippen molar-refractivity contribution >= 4 is 46.3 Å². The lowest BCUT2D eigenvalue weighted by Gasteiger charge is -2.17. The van der Waals surface area contributed by atoms with Crippen molar-refractivity contribution in [1.29, 1.82) is 0 Å². The summed E-state index contributed by atoms with van der Waals surface area (Å²) in [6.07, 6.45) is 2.57. The molecule has 2 amide bonds. The summed E-state index contributed by atoms with van der Waals surface area (Å²) in [6.45, 7) is 5.68. The number of nitrogens with one attached hydrogen (secondary N) is 3. The van der Waals surface area contributed by atoms with Crippen LogP contribution in [0.15, 0.2) is 24.5 Å². The Balaban J connectivity index is 1.81. The third kappa shape index (κ3) is 5.73. The smallest absolute Gasteiger partial charge is 0.323 e. The van der Waals surface area contributed by atoms with Gasteiger partial charge in [0, 0.05) is 25.9 Å². The number of fused-ring (bicyclic) bond motifs is 1. The Bertz CT molecular complexity index is 1060. The van der Waals surface area contributed by atoms with Gasteiger partial charge in [0.15, 0.2) is 10.8 Å². The van der Waals surface area contributed by atoms with Crippen LogP contribution in [0.5, 0.6) is 5.88 Å². The monoisotopic (exact) mass is 467 g/mol. The van der Waals surface area contributed by atoms with Crippen LogP contribution in [0.25, 0.3) is 5.65 Å². The van der Waals surface area contributed by atoms with Gasteiger partial charge in [-0.05, 0) is 19.5 Å². The molecule has 3 rings (SSSR count). The molecule has 0 unspecified atom stereocenters. The highest BCUT2D eigenvalue weighted by Gasteiger charge is 2.20. The maximum atomic E-state index is 12.7. The number of anilines is 2. The van der Waals surface area contributed by atoms with Crippen LogP contribution in [0.3, 0.4) is 0 Å². The molecule has 166 valence electrons. The zero-order chi connectivity index (χ0) is 22.4. The quantitative estimate of drug-likeness (QED) is 0.410. The number of nitrogens with zero attached hydrogens (tertiary/aromatic N) is 4. The van der Waals surface area contributed by atoms with Gasteiger partial charge >= 0.3 is 6.03 Å². The van der Waals surface area contributed by atoms with Crippen LogP contribution in [-0.4, -0.2) is 52.4 Å². The number of ether oxygens (including phenoxy) is 2. The fraction of sp³-hybridized carbons (Fsp3) is 0.368. The highest BCUT2D eigenvalue weighted by molar-refractivity contribution is 6.31. The number of pyridine rings is 1. The average Bonchev–Trinajstić information content (AvgIpc) is 3.12. The number of methoxy groups -OCH3 is 1. The molecule has 0 spiro atoms. The molecule has 3 aromatic heterocycles. The predicted octanol–water partition coefficient (Wildman–Crippen LogP) is 3.77. The first-order chi connectivity index (χ1) is 14.9. The Morgan fingerprint density at radius 3 is 2.71 bits per heavy atom. The van der Waals surface area contributed by atoms with Gasteiger partial charge in [-0.15, -0.1) is 0 Å². The maximum Gasteiger partial charge on any atom is 0.323 e. The van der Waals surface area contributed by atoms with Gasteiger partial charge in [0.1, 0.15) is 12.3 Å². The molecule has 0 saturated carbocycles. The predicted molar refractivity (Wildman–Crippen MR) is 119 cm³/mol. The molecule has 31 heavy (non-hydrogen) atoms. The van der Waals surface area contributed by atoms with E-state index in [4.69, 9.17) is 32.7 Å². The standard InChI is InChI=1S/C19H23Cl2N7O3/c1-4-22-5-6-31-18-13(7-12(20)9-24-18)25-19(29)26-14-10-23-16-8-15(21)27-28(16)17(14)11(2)30-3/h7-11,22H,4-6H2,1-3H3,(H2,25,26,29)/t11-/m0/s1. The minimum Gasteiger partial charge on any atom is -0.475 e. The molecule has 0 aliphatic rings. The van der Waals surface area contributed by atoms with Crippen molar-refractivity contribution in [3.63, 3.8) is 0 Å². The molecule has 1 atom stereocenters. The second-order valence-electron chi connectivity index (χ2n) is 6.46. The average molecular weight is 468 g/mol. The lowest BCUT2D eigenvalue weighted by Crippen LogP contribution is -2.24. The topological polar surface area (TPSA) is 115 Å². The lowest BCUT2D eigenvalue weighted by molar-refractivity contribution is 0.114. The number of urea groups is 1. The van der Waals surface area contributed by atoms with Crippen molar-refractivity contribution in [2.45, 2.75) is 20.0 Å². The minimum atomic E-state index is -0.537. The molecule has 0 aliphatic heterocycles. The van der Waals surface area contributed by atoms with E-state index in [0.29, 0.717) is 40.9 Å². The summed E-state index contributed by atoms with van der Waals surface area (Å²) in [5.41, 5.74) is 1.86. The number of likely N-dealkylation sites (N-methyl/N-ethyl adjacent to an activating group) is 1. The number of carbonyl (C=O) groups is 1. The summed E-state index contributed by atoms with van der Waals surface area (Å²) in [6, 6.07) is 2.64. The molecular formula is C19H23Cl2N7O3. The second kappa shape index (κ2) is 10.6. The highest BCUT2D eigenvalue weighted by atomic mass is 35.5. The van der Waals surface area contributed by atoms with E-state index in [9.17, 15) is 4.79 Å². The number of hydrogen-bond acceptors (Lipinski definition) is 7. The van der Waals surface area contributed by atoms with Crippen LogP contribution in [0.4, 0.5) is 16.2 Å². The van der Waals surface area contributed by atoms with Crippen LogP contribution < -0.4 is 20.7 Å². The van der Waals surface area contributed by atoms with Crippen LogP contribution >= 0.6 is 23.2 Å². The summed E-state index contributed by atoms with van der Waals surface area (Å²) < 4.78 is 12.6. The largest absolute Gasteiger partial charge is 0.475 e. The van der Waals surface area contributed by atoms with Gasteiger partial charge in [-0.3, -0.25) is 0 Å².